The van der Waals surface area contributed by atoms with E-state index < -0.39 is 0 Å². The monoisotopic (exact) mass is 301 g/mol. The standard InChI is InChI=1S/C12H13BrFNO2/c1-7-5-9(14)8(13)6-11(7)15-4-3-10(15)12(16)17-2/h5-6,10H,3-4H2,1-2H3. The maximum atomic E-state index is 13.3. The number of anilines is 1. The summed E-state index contributed by atoms with van der Waals surface area (Å²) in [5.74, 6) is -0.530. The molecule has 1 unspecified atom stereocenters. The Morgan fingerprint density at radius 3 is 2.82 bits per heavy atom. The van der Waals surface area contributed by atoms with Gasteiger partial charge in [0.25, 0.3) is 0 Å². The van der Waals surface area contributed by atoms with E-state index in [-0.39, 0.29) is 17.8 Å². The van der Waals surface area contributed by atoms with Crippen LogP contribution in [0.4, 0.5) is 10.1 Å². The molecule has 0 amide bonds. The number of hydrogen-bond acceptors (Lipinski definition) is 3. The molecule has 1 aromatic carbocycles. The van der Waals surface area contributed by atoms with Crippen LogP contribution in [0.5, 0.6) is 0 Å². The molecule has 1 aromatic rings. The molecule has 5 heteroatoms. The van der Waals surface area contributed by atoms with Crippen LogP contribution in [0.25, 0.3) is 0 Å². The number of esters is 1. The van der Waals surface area contributed by atoms with Crippen LogP contribution in [0.3, 0.4) is 0 Å². The van der Waals surface area contributed by atoms with Gasteiger partial charge in [-0.1, -0.05) is 0 Å². The molecular weight excluding hydrogens is 289 g/mol. The molecule has 0 saturated carbocycles. The van der Waals surface area contributed by atoms with Gasteiger partial charge in [-0.25, -0.2) is 9.18 Å². The van der Waals surface area contributed by atoms with Gasteiger partial charge in [0.1, 0.15) is 11.9 Å². The highest BCUT2D eigenvalue weighted by molar-refractivity contribution is 9.10. The first kappa shape index (κ1) is 12.4. The molecule has 1 heterocycles. The fourth-order valence-electron chi connectivity index (χ4n) is 2.00. The van der Waals surface area contributed by atoms with E-state index in [2.05, 4.69) is 15.9 Å². The van der Waals surface area contributed by atoms with Crippen LogP contribution in [0.15, 0.2) is 16.6 Å². The molecule has 3 nitrogen and oxygen atoms in total. The second kappa shape index (κ2) is 4.64. The Kier molecular flexibility index (Phi) is 3.38. The van der Waals surface area contributed by atoms with Crippen molar-refractivity contribution in [1.82, 2.24) is 0 Å². The quantitative estimate of drug-likeness (QED) is 0.787. The largest absolute Gasteiger partial charge is 0.467 e. The normalized spacial score (nSPS) is 18.8. The first-order valence-corrected chi connectivity index (χ1v) is 6.14. The van der Waals surface area contributed by atoms with Crippen molar-refractivity contribution < 1.29 is 13.9 Å². The van der Waals surface area contributed by atoms with Gasteiger partial charge < -0.3 is 9.64 Å². The minimum absolute atomic E-state index is 0.240. The van der Waals surface area contributed by atoms with Gasteiger partial charge in [-0.15, -0.1) is 0 Å². The summed E-state index contributed by atoms with van der Waals surface area (Å²) in [6.45, 7) is 2.62. The number of aryl methyl sites for hydroxylation is 1. The summed E-state index contributed by atoms with van der Waals surface area (Å²) >= 11 is 3.16. The first-order valence-electron chi connectivity index (χ1n) is 5.34. The number of halogens is 2. The lowest BCUT2D eigenvalue weighted by Crippen LogP contribution is -2.53. The van der Waals surface area contributed by atoms with Crippen molar-refractivity contribution in [2.75, 3.05) is 18.6 Å². The van der Waals surface area contributed by atoms with Crippen LogP contribution in [0.2, 0.25) is 0 Å². The van der Waals surface area contributed by atoms with Crippen LogP contribution in [0.1, 0.15) is 12.0 Å². The summed E-state index contributed by atoms with van der Waals surface area (Å²) in [6, 6.07) is 2.93. The SMILES string of the molecule is COC(=O)C1CCN1c1cc(Br)c(F)cc1C. The number of rotatable bonds is 2. The van der Waals surface area contributed by atoms with E-state index >= 15 is 0 Å². The fourth-order valence-corrected chi connectivity index (χ4v) is 2.33. The van der Waals surface area contributed by atoms with E-state index in [1.165, 1.54) is 13.2 Å². The Balaban J connectivity index is 2.29. The lowest BCUT2D eigenvalue weighted by molar-refractivity contribution is -0.143. The molecule has 92 valence electrons. The first-order chi connectivity index (χ1) is 8.04. The maximum Gasteiger partial charge on any atom is 0.328 e. The second-order valence-electron chi connectivity index (χ2n) is 4.07. The molecule has 0 bridgehead atoms. The van der Waals surface area contributed by atoms with Gasteiger partial charge >= 0.3 is 5.97 Å². The Labute approximate surface area is 108 Å². The molecule has 1 saturated heterocycles. The van der Waals surface area contributed by atoms with E-state index in [1.807, 2.05) is 11.8 Å². The van der Waals surface area contributed by atoms with Gasteiger partial charge in [-0.05, 0) is 47.0 Å². The average molecular weight is 302 g/mol. The highest BCUT2D eigenvalue weighted by atomic mass is 79.9. The summed E-state index contributed by atoms with van der Waals surface area (Å²) in [5.41, 5.74) is 1.69. The van der Waals surface area contributed by atoms with Gasteiger partial charge in [-0.3, -0.25) is 0 Å². The Hall–Kier alpha value is -1.10. The smallest absolute Gasteiger partial charge is 0.328 e. The lowest BCUT2D eigenvalue weighted by Gasteiger charge is -2.41. The molecule has 0 radical (unpaired) electrons. The van der Waals surface area contributed by atoms with Crippen molar-refractivity contribution >= 4 is 27.6 Å². The van der Waals surface area contributed by atoms with E-state index in [4.69, 9.17) is 4.74 Å². The van der Waals surface area contributed by atoms with Crippen molar-refractivity contribution in [3.8, 4) is 0 Å². The zero-order chi connectivity index (χ0) is 12.6. The number of benzene rings is 1. The number of ether oxygens (including phenoxy) is 1. The summed E-state index contributed by atoms with van der Waals surface area (Å²) in [7, 11) is 1.38. The van der Waals surface area contributed by atoms with E-state index in [9.17, 15) is 9.18 Å². The Morgan fingerprint density at radius 1 is 1.59 bits per heavy atom. The number of carbonyl (C=O) groups excluding carboxylic acids is 1. The third kappa shape index (κ3) is 2.16. The molecule has 1 atom stereocenters. The molecule has 1 fully saturated rings. The van der Waals surface area contributed by atoms with Crippen LogP contribution in [-0.4, -0.2) is 25.7 Å². The fraction of sp³-hybridized carbons (Fsp3) is 0.417. The van der Waals surface area contributed by atoms with Gasteiger partial charge in [0.15, 0.2) is 0 Å². The zero-order valence-corrected chi connectivity index (χ0v) is 11.3. The van der Waals surface area contributed by atoms with Gasteiger partial charge in [0.05, 0.1) is 11.6 Å². The number of hydrogen-bond donors (Lipinski definition) is 0. The van der Waals surface area contributed by atoms with Crippen molar-refractivity contribution in [1.29, 1.82) is 0 Å². The van der Waals surface area contributed by atoms with E-state index in [0.717, 1.165) is 24.2 Å². The predicted octanol–water partition coefficient (Wildman–Crippen LogP) is 2.65. The second-order valence-corrected chi connectivity index (χ2v) is 4.93. The zero-order valence-electron chi connectivity index (χ0n) is 9.67. The molecule has 2 rings (SSSR count). The van der Waals surface area contributed by atoms with Gasteiger partial charge in [-0.2, -0.15) is 0 Å². The van der Waals surface area contributed by atoms with E-state index in [0.29, 0.717) is 4.47 Å². The summed E-state index contributed by atoms with van der Waals surface area (Å²) < 4.78 is 18.5. The van der Waals surface area contributed by atoms with E-state index in [1.54, 1.807) is 6.07 Å². The van der Waals surface area contributed by atoms with Crippen molar-refractivity contribution in [2.24, 2.45) is 0 Å². The Morgan fingerprint density at radius 2 is 2.29 bits per heavy atom. The molecular formula is C12H13BrFNO2. The highest BCUT2D eigenvalue weighted by Gasteiger charge is 2.36. The average Bonchev–Trinajstić information content (AvgIpc) is 2.24. The number of methoxy groups -OCH3 is 1. The summed E-state index contributed by atoms with van der Waals surface area (Å²) in [4.78, 5) is 13.4. The predicted molar refractivity (Wildman–Crippen MR) is 66.6 cm³/mol. The van der Waals surface area contributed by atoms with Crippen LogP contribution in [0, 0.1) is 12.7 Å². The van der Waals surface area contributed by atoms with Crippen molar-refractivity contribution in [3.63, 3.8) is 0 Å². The molecule has 0 aliphatic carbocycles. The number of carbonyl (C=O) groups is 1. The topological polar surface area (TPSA) is 29.5 Å². The number of nitrogens with zero attached hydrogens (tertiary/aromatic N) is 1. The summed E-state index contributed by atoms with van der Waals surface area (Å²) in [6.07, 6.45) is 0.779. The molecule has 0 spiro atoms. The maximum absolute atomic E-state index is 13.3. The third-order valence-electron chi connectivity index (χ3n) is 3.04. The van der Waals surface area contributed by atoms with Crippen LogP contribution >= 0.6 is 15.9 Å². The van der Waals surface area contributed by atoms with Crippen molar-refractivity contribution in [2.45, 2.75) is 19.4 Å². The summed E-state index contributed by atoms with van der Waals surface area (Å²) in [5, 5.41) is 0. The molecule has 17 heavy (non-hydrogen) atoms. The Bertz CT molecular complexity index is 464. The van der Waals surface area contributed by atoms with Gasteiger partial charge in [0, 0.05) is 12.2 Å². The third-order valence-corrected chi connectivity index (χ3v) is 3.65. The highest BCUT2D eigenvalue weighted by Crippen LogP contribution is 2.33. The van der Waals surface area contributed by atoms with Crippen LogP contribution in [-0.2, 0) is 9.53 Å². The molecule has 1 aliphatic rings. The molecule has 1 aliphatic heterocycles. The molecule has 0 N–H and O–H groups in total. The lowest BCUT2D eigenvalue weighted by atomic mass is 10.00. The minimum Gasteiger partial charge on any atom is -0.467 e. The van der Waals surface area contributed by atoms with Gasteiger partial charge in [0.2, 0.25) is 0 Å². The molecule has 0 aromatic heterocycles. The van der Waals surface area contributed by atoms with Crippen LogP contribution < -0.4 is 4.90 Å². The minimum atomic E-state index is -0.290. The van der Waals surface area contributed by atoms with Crippen molar-refractivity contribution in [3.05, 3.63) is 28.0 Å².